The van der Waals surface area contributed by atoms with Crippen LogP contribution in [0.4, 0.5) is 0 Å². The molecule has 2 bridgehead atoms. The Morgan fingerprint density at radius 1 is 1.22 bits per heavy atom. The summed E-state index contributed by atoms with van der Waals surface area (Å²) < 4.78 is 0. The number of aliphatic carboxylic acids is 1. The lowest BCUT2D eigenvalue weighted by atomic mass is 9.68. The molecule has 10 heteroatoms. The van der Waals surface area contributed by atoms with Gasteiger partial charge < -0.3 is 10.1 Å². The number of aromatic amines is 1. The number of carboxylic acid groups (broad SMARTS) is 1. The first-order valence-corrected chi connectivity index (χ1v) is 12.5. The first-order valence-electron chi connectivity index (χ1n) is 10.8. The van der Waals surface area contributed by atoms with Crippen LogP contribution < -0.4 is 4.87 Å². The SMILES string of the molecule is O=C(O)CCCN1C(=O)[C@@H]2[C@@H]3C[C@@H]([C@H]4Sc5[nH]c(=O)sc5[C@@H](c5cccnc5)[C@H]34)[C@@H]2C1=O. The smallest absolute Gasteiger partial charge is 0.305 e. The average molecular weight is 472 g/mol. The van der Waals surface area contributed by atoms with E-state index in [1.807, 2.05) is 18.3 Å². The van der Waals surface area contributed by atoms with Crippen LogP contribution in [0.25, 0.3) is 0 Å². The number of amides is 2. The zero-order valence-corrected chi connectivity index (χ0v) is 18.6. The summed E-state index contributed by atoms with van der Waals surface area (Å²) in [5.74, 6) is -1.58. The lowest BCUT2D eigenvalue weighted by Crippen LogP contribution is -2.42. The largest absolute Gasteiger partial charge is 0.481 e. The molecule has 7 atom stereocenters. The molecule has 2 amide bonds. The van der Waals surface area contributed by atoms with Crippen LogP contribution in [0.2, 0.25) is 0 Å². The molecule has 3 fully saturated rings. The molecule has 2 saturated carbocycles. The number of rotatable bonds is 5. The van der Waals surface area contributed by atoms with Crippen LogP contribution in [-0.2, 0) is 14.4 Å². The van der Waals surface area contributed by atoms with Gasteiger partial charge in [0, 0.05) is 41.4 Å². The first-order chi connectivity index (χ1) is 15.5. The minimum atomic E-state index is -0.925. The molecule has 4 heterocycles. The van der Waals surface area contributed by atoms with Crippen LogP contribution in [0.3, 0.4) is 0 Å². The van der Waals surface area contributed by atoms with E-state index in [4.69, 9.17) is 5.11 Å². The van der Waals surface area contributed by atoms with E-state index in [2.05, 4.69) is 9.97 Å². The number of nitrogens with one attached hydrogen (secondary N) is 1. The van der Waals surface area contributed by atoms with E-state index in [0.717, 1.165) is 21.9 Å². The standard InChI is InChI=1S/C22H21N3O5S2/c26-12(27)4-2-6-25-20(28)15-10-7-11(16(15)21(25)29)17-14(10)13(9-3-1-5-23-8-9)18-19(31-17)24-22(30)32-18/h1,3,5,8,10-11,13-17H,2,4,6-7H2,(H,24,30)(H,26,27)/t10-,11-,13+,14+,15-,16+,17-/m1/s1. The van der Waals surface area contributed by atoms with E-state index < -0.39 is 5.97 Å². The molecular formula is C22H21N3O5S2. The zero-order valence-electron chi connectivity index (χ0n) is 17.0. The van der Waals surface area contributed by atoms with Gasteiger partial charge in [-0.05, 0) is 42.2 Å². The molecule has 4 aliphatic rings. The number of H-pyrrole nitrogens is 1. The van der Waals surface area contributed by atoms with Crippen molar-refractivity contribution < 1.29 is 19.5 Å². The van der Waals surface area contributed by atoms with Crippen LogP contribution in [0.5, 0.6) is 0 Å². The molecule has 8 nitrogen and oxygen atoms in total. The number of imide groups is 1. The lowest BCUT2D eigenvalue weighted by molar-refractivity contribution is -0.142. The molecule has 32 heavy (non-hydrogen) atoms. The van der Waals surface area contributed by atoms with Crippen molar-refractivity contribution in [3.8, 4) is 0 Å². The van der Waals surface area contributed by atoms with Gasteiger partial charge in [-0.25, -0.2) is 0 Å². The summed E-state index contributed by atoms with van der Waals surface area (Å²) in [5.41, 5.74) is 1.04. The Hall–Kier alpha value is -2.46. The normalized spacial score (nSPS) is 34.5. The number of pyridine rings is 1. The summed E-state index contributed by atoms with van der Waals surface area (Å²) in [6.07, 6.45) is 4.63. The van der Waals surface area contributed by atoms with E-state index in [-0.39, 0.29) is 76.8 Å². The topological polar surface area (TPSA) is 120 Å². The van der Waals surface area contributed by atoms with Gasteiger partial charge in [-0.3, -0.25) is 29.1 Å². The predicted octanol–water partition coefficient (Wildman–Crippen LogP) is 2.17. The average Bonchev–Trinajstić information content (AvgIpc) is 3.49. The van der Waals surface area contributed by atoms with Gasteiger partial charge in [-0.2, -0.15) is 0 Å². The van der Waals surface area contributed by atoms with Crippen molar-refractivity contribution in [2.45, 2.75) is 35.5 Å². The Bertz CT molecular complexity index is 1180. The molecule has 0 aromatic carbocycles. The van der Waals surface area contributed by atoms with Crippen molar-refractivity contribution >= 4 is 40.9 Å². The van der Waals surface area contributed by atoms with Gasteiger partial charge >= 0.3 is 10.8 Å². The monoisotopic (exact) mass is 471 g/mol. The van der Waals surface area contributed by atoms with Crippen LogP contribution in [0.15, 0.2) is 34.3 Å². The fourth-order valence-electron chi connectivity index (χ4n) is 6.62. The van der Waals surface area contributed by atoms with Crippen LogP contribution in [0, 0.1) is 29.6 Å². The fraction of sp³-hybridized carbons (Fsp3) is 0.500. The van der Waals surface area contributed by atoms with Crippen LogP contribution >= 0.6 is 23.1 Å². The Morgan fingerprint density at radius 3 is 2.72 bits per heavy atom. The minimum Gasteiger partial charge on any atom is -0.481 e. The zero-order chi connectivity index (χ0) is 22.1. The number of nitrogens with zero attached hydrogens (tertiary/aromatic N) is 2. The minimum absolute atomic E-state index is 0.0196. The molecule has 166 valence electrons. The molecule has 2 aromatic rings. The number of aromatic nitrogens is 2. The van der Waals surface area contributed by atoms with Gasteiger partial charge in [0.15, 0.2) is 0 Å². The first kappa shape index (κ1) is 20.2. The van der Waals surface area contributed by atoms with Crippen molar-refractivity contribution in [2.24, 2.45) is 29.6 Å². The summed E-state index contributed by atoms with van der Waals surface area (Å²) in [6.45, 7) is 0.172. The summed E-state index contributed by atoms with van der Waals surface area (Å²) in [6, 6.07) is 3.92. The quantitative estimate of drug-likeness (QED) is 0.641. The third kappa shape index (κ3) is 2.78. The number of thiazole rings is 1. The van der Waals surface area contributed by atoms with Crippen molar-refractivity contribution in [1.29, 1.82) is 0 Å². The molecule has 1 saturated heterocycles. The van der Waals surface area contributed by atoms with E-state index >= 15 is 0 Å². The van der Waals surface area contributed by atoms with Crippen molar-refractivity contribution in [3.63, 3.8) is 0 Å². The van der Waals surface area contributed by atoms with Crippen LogP contribution in [-0.4, -0.2) is 49.6 Å². The van der Waals surface area contributed by atoms with Gasteiger partial charge in [0.25, 0.3) is 0 Å². The van der Waals surface area contributed by atoms with Crippen molar-refractivity contribution in [2.75, 3.05) is 6.54 Å². The molecule has 0 radical (unpaired) electrons. The summed E-state index contributed by atoms with van der Waals surface area (Å²) in [5, 5.41) is 9.95. The predicted molar refractivity (Wildman–Crippen MR) is 116 cm³/mol. The third-order valence-corrected chi connectivity index (χ3v) is 10.2. The van der Waals surface area contributed by atoms with Gasteiger partial charge in [-0.1, -0.05) is 17.4 Å². The van der Waals surface area contributed by atoms with Crippen LogP contribution in [0.1, 0.15) is 35.6 Å². The molecule has 0 spiro atoms. The third-order valence-electron chi connectivity index (χ3n) is 7.63. The number of hydrogen-bond acceptors (Lipinski definition) is 7. The lowest BCUT2D eigenvalue weighted by Gasteiger charge is -2.42. The van der Waals surface area contributed by atoms with Gasteiger partial charge in [0.2, 0.25) is 11.8 Å². The number of carboxylic acids is 1. The maximum Gasteiger partial charge on any atom is 0.305 e. The second-order valence-electron chi connectivity index (χ2n) is 9.07. The fourth-order valence-corrected chi connectivity index (χ4v) is 9.51. The highest BCUT2D eigenvalue weighted by Gasteiger charge is 2.69. The van der Waals surface area contributed by atoms with Crippen molar-refractivity contribution in [1.82, 2.24) is 14.9 Å². The van der Waals surface area contributed by atoms with Crippen molar-refractivity contribution in [3.05, 3.63) is 44.6 Å². The number of hydrogen-bond donors (Lipinski definition) is 2. The highest BCUT2D eigenvalue weighted by molar-refractivity contribution is 8.00. The second-order valence-corrected chi connectivity index (χ2v) is 11.3. The number of fused-ring (bicyclic) bond motifs is 9. The molecule has 2 aromatic heterocycles. The summed E-state index contributed by atoms with van der Waals surface area (Å²) in [7, 11) is 0. The molecular weight excluding hydrogens is 450 g/mol. The van der Waals surface area contributed by atoms with Gasteiger partial charge in [-0.15, -0.1) is 11.8 Å². The Morgan fingerprint density at radius 2 is 2.00 bits per heavy atom. The van der Waals surface area contributed by atoms with E-state index in [1.165, 1.54) is 16.2 Å². The highest BCUT2D eigenvalue weighted by Crippen LogP contribution is 2.68. The van der Waals surface area contributed by atoms with Gasteiger partial charge in [0.1, 0.15) is 0 Å². The molecule has 2 N–H and O–H groups in total. The number of carbonyl (C=O) groups is 3. The highest BCUT2D eigenvalue weighted by atomic mass is 32.2. The maximum atomic E-state index is 13.3. The second kappa shape index (κ2) is 7.28. The van der Waals surface area contributed by atoms with E-state index in [1.54, 1.807) is 18.0 Å². The number of thioether (sulfide) groups is 1. The summed E-state index contributed by atoms with van der Waals surface area (Å²) >= 11 is 2.89. The Kier molecular flexibility index (Phi) is 4.59. The number of carbonyl (C=O) groups excluding carboxylic acids is 2. The van der Waals surface area contributed by atoms with E-state index in [9.17, 15) is 19.2 Å². The molecule has 2 aliphatic carbocycles. The maximum absolute atomic E-state index is 13.3. The molecule has 0 unspecified atom stereocenters. The van der Waals surface area contributed by atoms with Gasteiger partial charge in [0.05, 0.1) is 16.9 Å². The summed E-state index contributed by atoms with van der Waals surface area (Å²) in [4.78, 5) is 59.1. The number of likely N-dealkylation sites (tertiary alicyclic amines) is 1. The van der Waals surface area contributed by atoms with E-state index in [0.29, 0.717) is 0 Å². The Balaban J connectivity index is 1.37. The molecule has 6 rings (SSSR count). The Labute approximate surface area is 191 Å². The molecule has 2 aliphatic heterocycles.